The molecule has 1 amide bonds. The lowest BCUT2D eigenvalue weighted by molar-refractivity contribution is -0.258. The summed E-state index contributed by atoms with van der Waals surface area (Å²) in [4.78, 5) is 15.1. The third-order valence-corrected chi connectivity index (χ3v) is 7.10. The zero-order chi connectivity index (χ0) is 22.3. The summed E-state index contributed by atoms with van der Waals surface area (Å²) in [5, 5.41) is 20.7. The first kappa shape index (κ1) is 23.1. The highest BCUT2D eigenvalue weighted by Crippen LogP contribution is 2.48. The van der Waals surface area contributed by atoms with Gasteiger partial charge in [0.15, 0.2) is 5.60 Å². The van der Waals surface area contributed by atoms with Crippen molar-refractivity contribution < 1.29 is 28.2 Å². The Morgan fingerprint density at radius 2 is 1.70 bits per heavy atom. The molecule has 30 heavy (non-hydrogen) atoms. The number of halogens is 3. The van der Waals surface area contributed by atoms with Gasteiger partial charge in [-0.1, -0.05) is 19.1 Å². The smallest absolute Gasteiger partial charge is 0.390 e. The zero-order valence-electron chi connectivity index (χ0n) is 17.9. The summed E-state index contributed by atoms with van der Waals surface area (Å²) >= 11 is 0. The van der Waals surface area contributed by atoms with Crippen molar-refractivity contribution in [3.8, 4) is 0 Å². The lowest BCUT2D eigenvalue weighted by Gasteiger charge is -2.43. The van der Waals surface area contributed by atoms with Gasteiger partial charge in [-0.3, -0.25) is 4.79 Å². The summed E-state index contributed by atoms with van der Waals surface area (Å²) in [6, 6.07) is 5.04. The maximum Gasteiger partial charge on any atom is 0.421 e. The van der Waals surface area contributed by atoms with Gasteiger partial charge in [0, 0.05) is 17.6 Å². The second-order valence-corrected chi connectivity index (χ2v) is 9.23. The molecular weight excluding hydrogens is 395 g/mol. The average Bonchev–Trinajstić information content (AvgIpc) is 3.54. The first-order valence-electron chi connectivity index (χ1n) is 10.9. The Labute approximate surface area is 176 Å². The highest BCUT2D eigenvalue weighted by atomic mass is 19.4. The lowest BCUT2D eigenvalue weighted by Crippen LogP contribution is -2.50. The Balaban J connectivity index is 1.77. The molecule has 168 valence electrons. The number of aliphatic hydroxyl groups is 2. The Kier molecular flexibility index (Phi) is 6.27. The molecule has 0 saturated heterocycles. The van der Waals surface area contributed by atoms with Crippen LogP contribution in [0.25, 0.3) is 0 Å². The molecule has 0 aromatic heterocycles. The molecule has 3 rings (SSSR count). The van der Waals surface area contributed by atoms with Crippen molar-refractivity contribution in [3.63, 3.8) is 0 Å². The van der Waals surface area contributed by atoms with Gasteiger partial charge in [-0.25, -0.2) is 0 Å². The van der Waals surface area contributed by atoms with Gasteiger partial charge in [0.1, 0.15) is 0 Å². The summed E-state index contributed by atoms with van der Waals surface area (Å²) in [7, 11) is 0. The van der Waals surface area contributed by atoms with Crippen molar-refractivity contribution in [2.24, 2.45) is 5.92 Å². The molecule has 7 heteroatoms. The first-order valence-corrected chi connectivity index (χ1v) is 10.9. The van der Waals surface area contributed by atoms with Gasteiger partial charge in [-0.05, 0) is 82.4 Å². The van der Waals surface area contributed by atoms with Crippen molar-refractivity contribution >= 4 is 5.91 Å². The van der Waals surface area contributed by atoms with Crippen molar-refractivity contribution in [2.45, 2.75) is 95.2 Å². The Hall–Kier alpha value is -1.60. The van der Waals surface area contributed by atoms with E-state index in [-0.39, 0.29) is 23.6 Å². The second kappa shape index (κ2) is 8.15. The van der Waals surface area contributed by atoms with E-state index in [1.165, 1.54) is 24.3 Å². The highest BCUT2D eigenvalue weighted by Gasteiger charge is 2.51. The fraction of sp³-hybridized carbons (Fsp3) is 0.696. The maximum absolute atomic E-state index is 13.3. The normalized spacial score (nSPS) is 27.9. The van der Waals surface area contributed by atoms with Gasteiger partial charge >= 0.3 is 6.18 Å². The van der Waals surface area contributed by atoms with Crippen molar-refractivity contribution in [1.82, 2.24) is 4.90 Å². The third-order valence-electron chi connectivity index (χ3n) is 7.10. The number of amides is 1. The molecule has 2 N–H and O–H groups in total. The highest BCUT2D eigenvalue weighted by molar-refractivity contribution is 5.94. The molecule has 0 heterocycles. The van der Waals surface area contributed by atoms with Crippen LogP contribution in [0, 0.1) is 5.92 Å². The number of alkyl halides is 3. The van der Waals surface area contributed by atoms with Crippen LogP contribution in [-0.4, -0.2) is 44.9 Å². The molecular formula is C23H32F3NO3. The number of benzene rings is 1. The molecule has 1 aromatic rings. The lowest BCUT2D eigenvalue weighted by atomic mass is 9.78. The molecule has 0 spiro atoms. The minimum atomic E-state index is -4.80. The van der Waals surface area contributed by atoms with Crippen molar-refractivity contribution in [3.05, 3.63) is 35.4 Å². The van der Waals surface area contributed by atoms with E-state index < -0.39 is 17.4 Å². The Morgan fingerprint density at radius 3 is 2.13 bits per heavy atom. The van der Waals surface area contributed by atoms with E-state index in [4.69, 9.17) is 0 Å². The van der Waals surface area contributed by atoms with Crippen LogP contribution in [0.3, 0.4) is 0 Å². The first-order chi connectivity index (χ1) is 13.9. The number of hydrogen-bond donors (Lipinski definition) is 2. The van der Waals surface area contributed by atoms with Crippen LogP contribution in [0.2, 0.25) is 0 Å². The van der Waals surface area contributed by atoms with Crippen molar-refractivity contribution in [1.29, 1.82) is 0 Å². The number of nitrogens with zero attached hydrogens (tertiary/aromatic N) is 1. The van der Waals surface area contributed by atoms with E-state index in [2.05, 4.69) is 0 Å². The number of carbonyl (C=O) groups excluding carboxylic acids is 1. The summed E-state index contributed by atoms with van der Waals surface area (Å²) < 4.78 is 39.2. The van der Waals surface area contributed by atoms with E-state index in [0.29, 0.717) is 31.2 Å². The predicted octanol–water partition coefficient (Wildman–Crippen LogP) is 4.78. The monoisotopic (exact) mass is 427 g/mol. The summed E-state index contributed by atoms with van der Waals surface area (Å²) in [5.41, 5.74) is -3.57. The zero-order valence-corrected chi connectivity index (χ0v) is 17.9. The number of rotatable bonds is 6. The average molecular weight is 428 g/mol. The molecule has 2 aliphatic carbocycles. The molecule has 2 saturated carbocycles. The minimum Gasteiger partial charge on any atom is -0.390 e. The van der Waals surface area contributed by atoms with Crippen LogP contribution in [0.5, 0.6) is 0 Å². The van der Waals surface area contributed by atoms with Crippen LogP contribution in [0.4, 0.5) is 13.2 Å². The molecule has 0 radical (unpaired) electrons. The topological polar surface area (TPSA) is 60.8 Å². The summed E-state index contributed by atoms with van der Waals surface area (Å²) in [6.07, 6.45) is 0.907. The molecule has 2 atom stereocenters. The molecule has 0 bridgehead atoms. The van der Waals surface area contributed by atoms with E-state index in [1.807, 2.05) is 18.7 Å². The van der Waals surface area contributed by atoms with E-state index in [1.54, 1.807) is 0 Å². The maximum atomic E-state index is 13.3. The van der Waals surface area contributed by atoms with Crippen LogP contribution in [-0.2, 0) is 5.60 Å². The van der Waals surface area contributed by atoms with Crippen molar-refractivity contribution in [2.75, 3.05) is 0 Å². The molecule has 0 aliphatic heterocycles. The standard InChI is InChI=1S/C23H32F3NO3/c1-4-15(2)27(19-11-13-22(30,14-12-19)18-9-10-18)20(28)16-5-7-17(8-6-16)21(3,29)23(24,25)26/h5-8,15,18-19,29-30H,4,9-14H2,1-3H3/t15?,19-,21-,22-/m0/s1. The van der Waals surface area contributed by atoms with E-state index >= 15 is 0 Å². The SMILES string of the molecule is CCC(C)N(C(=O)c1ccc([C@](C)(O)C(F)(F)F)cc1)[C@H]1CC[C@@](O)(C2CC2)CC1. The van der Waals surface area contributed by atoms with Crippen LogP contribution >= 0.6 is 0 Å². The van der Waals surface area contributed by atoms with E-state index in [0.717, 1.165) is 32.1 Å². The quantitative estimate of drug-likeness (QED) is 0.687. The van der Waals surface area contributed by atoms with Gasteiger partial charge in [0.05, 0.1) is 5.60 Å². The molecule has 2 fully saturated rings. The predicted molar refractivity (Wildman–Crippen MR) is 108 cm³/mol. The third kappa shape index (κ3) is 4.37. The van der Waals surface area contributed by atoms with E-state index in [9.17, 15) is 28.2 Å². The molecule has 2 aliphatic rings. The summed E-state index contributed by atoms with van der Waals surface area (Å²) in [5.74, 6) is 0.171. The molecule has 1 unspecified atom stereocenters. The van der Waals surface area contributed by atoms with Gasteiger partial charge in [0.2, 0.25) is 0 Å². The van der Waals surface area contributed by atoms with Gasteiger partial charge in [-0.15, -0.1) is 0 Å². The largest absolute Gasteiger partial charge is 0.421 e. The fourth-order valence-corrected chi connectivity index (χ4v) is 4.58. The van der Waals surface area contributed by atoms with Gasteiger partial charge in [-0.2, -0.15) is 13.2 Å². The number of carbonyl (C=O) groups is 1. The fourth-order valence-electron chi connectivity index (χ4n) is 4.58. The van der Waals surface area contributed by atoms with Gasteiger partial charge < -0.3 is 15.1 Å². The van der Waals surface area contributed by atoms with Crippen LogP contribution in [0.1, 0.15) is 81.6 Å². The van der Waals surface area contributed by atoms with Crippen LogP contribution < -0.4 is 0 Å². The second-order valence-electron chi connectivity index (χ2n) is 9.23. The molecule has 4 nitrogen and oxygen atoms in total. The van der Waals surface area contributed by atoms with Crippen LogP contribution in [0.15, 0.2) is 24.3 Å². The minimum absolute atomic E-state index is 0.00411. The van der Waals surface area contributed by atoms with Gasteiger partial charge in [0.25, 0.3) is 5.91 Å². The Bertz CT molecular complexity index is 748. The molecule has 1 aromatic carbocycles. The summed E-state index contributed by atoms with van der Waals surface area (Å²) in [6.45, 7) is 4.68. The number of hydrogen-bond acceptors (Lipinski definition) is 3. The Morgan fingerprint density at radius 1 is 1.17 bits per heavy atom.